The Bertz CT molecular complexity index is 1270. The first-order chi connectivity index (χ1) is 15.5. The first kappa shape index (κ1) is 21.0. The van der Waals surface area contributed by atoms with Gasteiger partial charge in [-0.1, -0.05) is 18.2 Å². The van der Waals surface area contributed by atoms with Crippen LogP contribution in [0, 0.1) is 5.92 Å². The van der Waals surface area contributed by atoms with Crippen molar-refractivity contribution in [2.75, 3.05) is 26.2 Å². The van der Waals surface area contributed by atoms with Gasteiger partial charge < -0.3 is 14.6 Å². The monoisotopic (exact) mass is 454 g/mol. The summed E-state index contributed by atoms with van der Waals surface area (Å²) in [5, 5.41) is 4.25. The summed E-state index contributed by atoms with van der Waals surface area (Å²) < 4.78 is 37.4. The summed E-state index contributed by atoms with van der Waals surface area (Å²) in [6.45, 7) is 2.86. The van der Waals surface area contributed by atoms with Crippen molar-refractivity contribution < 1.29 is 17.9 Å². The maximum atomic E-state index is 12.7. The number of para-hydroxylation sites is 1. The quantitative estimate of drug-likeness (QED) is 0.484. The summed E-state index contributed by atoms with van der Waals surface area (Å²) in [6, 6.07) is 15.4. The van der Waals surface area contributed by atoms with Crippen LogP contribution in [0.2, 0.25) is 0 Å². The zero-order valence-electron chi connectivity index (χ0n) is 17.6. The van der Waals surface area contributed by atoms with Crippen molar-refractivity contribution in [3.8, 4) is 17.0 Å². The predicted molar refractivity (Wildman–Crippen MR) is 123 cm³/mol. The molecule has 0 radical (unpaired) electrons. The number of amides is 1. The number of hydrogen-bond donors (Lipinski definition) is 3. The van der Waals surface area contributed by atoms with Crippen LogP contribution in [-0.4, -0.2) is 45.1 Å². The average Bonchev–Trinajstić information content (AvgIpc) is 3.11. The molecule has 4 bridgehead atoms. The molecule has 2 aliphatic rings. The molecule has 1 atom stereocenters. The van der Waals surface area contributed by atoms with E-state index in [-0.39, 0.29) is 6.54 Å². The van der Waals surface area contributed by atoms with Crippen LogP contribution in [0.4, 0.5) is 0 Å². The number of nitrogens with one attached hydrogen (secondary N) is 3. The van der Waals surface area contributed by atoms with Gasteiger partial charge >= 0.3 is 10.2 Å². The fraction of sp³-hybridized carbons (Fsp3) is 0.348. The second-order valence-electron chi connectivity index (χ2n) is 8.31. The maximum Gasteiger partial charge on any atom is 0.301 e. The van der Waals surface area contributed by atoms with E-state index in [9.17, 15) is 13.2 Å². The number of hydrogen-bond acceptors (Lipinski definition) is 5. The standard InChI is InChI=1S/C23H26N4O4S/c28-23-18-8-7-17-12-21-19-5-1-2-6-22(19)31-15-16(14-27(21)20(17)13-18)4-3-9-24-10-11-25-32(29,30)26-23/h1-2,5-8,12-13,16,24-25H,3-4,9-11,14-15H2,(H,26,28). The predicted octanol–water partition coefficient (Wildman–Crippen LogP) is 2.26. The summed E-state index contributed by atoms with van der Waals surface area (Å²) in [4.78, 5) is 12.7. The van der Waals surface area contributed by atoms with Crippen LogP contribution in [0.15, 0.2) is 48.5 Å². The molecule has 1 unspecified atom stereocenters. The van der Waals surface area contributed by atoms with Crippen molar-refractivity contribution >= 4 is 27.0 Å². The van der Waals surface area contributed by atoms with Gasteiger partial charge in [-0.2, -0.15) is 13.1 Å². The number of rotatable bonds is 0. The van der Waals surface area contributed by atoms with Crippen LogP contribution in [-0.2, 0) is 16.8 Å². The number of aromatic nitrogens is 1. The highest BCUT2D eigenvalue weighted by atomic mass is 32.2. The highest BCUT2D eigenvalue weighted by Gasteiger charge is 2.23. The zero-order chi connectivity index (χ0) is 22.1. The fourth-order valence-corrected chi connectivity index (χ4v) is 5.25. The van der Waals surface area contributed by atoms with Gasteiger partial charge in [0, 0.05) is 47.6 Å². The Kier molecular flexibility index (Phi) is 5.62. The third-order valence-electron chi connectivity index (χ3n) is 6.03. The molecule has 9 heteroatoms. The fourth-order valence-electron chi connectivity index (χ4n) is 4.44. The molecule has 1 amide bonds. The number of carbonyl (C=O) groups excluding carboxylic acids is 1. The lowest BCUT2D eigenvalue weighted by atomic mass is 10.0. The molecule has 0 saturated heterocycles. The third kappa shape index (κ3) is 4.23. The largest absolute Gasteiger partial charge is 0.493 e. The number of carbonyl (C=O) groups is 1. The molecule has 1 aromatic heterocycles. The topological polar surface area (TPSA) is 101 Å². The summed E-state index contributed by atoms with van der Waals surface area (Å²) in [5.41, 5.74) is 3.25. The molecule has 2 aromatic carbocycles. The lowest BCUT2D eigenvalue weighted by Crippen LogP contribution is -2.42. The summed E-state index contributed by atoms with van der Waals surface area (Å²) in [6.07, 6.45) is 1.93. The number of ether oxygens (including phenoxy) is 1. The van der Waals surface area contributed by atoms with Gasteiger partial charge in [-0.15, -0.1) is 0 Å². The molecule has 5 rings (SSSR count). The number of nitrogens with zero attached hydrogens (tertiary/aromatic N) is 1. The Labute approximate surface area is 187 Å². The Balaban J connectivity index is 1.63. The molecule has 168 valence electrons. The lowest BCUT2D eigenvalue weighted by Gasteiger charge is -2.25. The molecule has 3 aromatic rings. The lowest BCUT2D eigenvalue weighted by molar-refractivity contribution is 0.0981. The Morgan fingerprint density at radius 2 is 1.91 bits per heavy atom. The van der Waals surface area contributed by atoms with Gasteiger partial charge in [0.25, 0.3) is 5.91 Å². The minimum absolute atomic E-state index is 0.206. The van der Waals surface area contributed by atoms with Crippen molar-refractivity contribution in [2.45, 2.75) is 19.4 Å². The zero-order valence-corrected chi connectivity index (χ0v) is 18.5. The molecule has 8 nitrogen and oxygen atoms in total. The van der Waals surface area contributed by atoms with Gasteiger partial charge in [0.05, 0.1) is 12.3 Å². The summed E-state index contributed by atoms with van der Waals surface area (Å²) in [5.74, 6) is 0.508. The molecular weight excluding hydrogens is 428 g/mol. The molecule has 0 fully saturated rings. The Hall–Kier alpha value is -2.88. The van der Waals surface area contributed by atoms with Crippen LogP contribution in [0.5, 0.6) is 5.75 Å². The SMILES string of the molecule is O=C1NS(=O)(=O)NCCNCCCC2COc3ccccc3-c3cc4ccc1cc4n3C2. The van der Waals surface area contributed by atoms with Crippen LogP contribution < -0.4 is 19.5 Å². The van der Waals surface area contributed by atoms with Gasteiger partial charge in [-0.25, -0.2) is 4.72 Å². The molecule has 0 aliphatic carbocycles. The van der Waals surface area contributed by atoms with Gasteiger partial charge in [-0.3, -0.25) is 4.79 Å². The first-order valence-corrected chi connectivity index (χ1v) is 12.4. The molecule has 3 heterocycles. The van der Waals surface area contributed by atoms with E-state index in [2.05, 4.69) is 25.4 Å². The molecule has 0 saturated carbocycles. The van der Waals surface area contributed by atoms with Crippen molar-refractivity contribution in [2.24, 2.45) is 5.92 Å². The van der Waals surface area contributed by atoms with Crippen molar-refractivity contribution in [3.05, 3.63) is 54.1 Å². The van der Waals surface area contributed by atoms with E-state index in [0.29, 0.717) is 24.6 Å². The van der Waals surface area contributed by atoms with Gasteiger partial charge in [0.2, 0.25) is 0 Å². The average molecular weight is 455 g/mol. The summed E-state index contributed by atoms with van der Waals surface area (Å²) >= 11 is 0. The second-order valence-corrected chi connectivity index (χ2v) is 9.81. The van der Waals surface area contributed by atoms with Gasteiger partial charge in [-0.05, 0) is 49.7 Å². The van der Waals surface area contributed by atoms with Crippen LogP contribution in [0.3, 0.4) is 0 Å². The van der Waals surface area contributed by atoms with Crippen LogP contribution >= 0.6 is 0 Å². The van der Waals surface area contributed by atoms with E-state index in [1.54, 1.807) is 12.1 Å². The van der Waals surface area contributed by atoms with E-state index in [4.69, 9.17) is 4.74 Å². The van der Waals surface area contributed by atoms with Crippen LogP contribution in [0.1, 0.15) is 23.2 Å². The van der Waals surface area contributed by atoms with E-state index in [1.807, 2.05) is 30.3 Å². The molecule has 2 aliphatic heterocycles. The van der Waals surface area contributed by atoms with E-state index >= 15 is 0 Å². The Morgan fingerprint density at radius 1 is 1.03 bits per heavy atom. The molecular formula is C23H26N4O4S. The van der Waals surface area contributed by atoms with E-state index in [1.165, 1.54) is 0 Å². The normalized spacial score (nSPS) is 21.4. The van der Waals surface area contributed by atoms with E-state index in [0.717, 1.165) is 53.8 Å². The first-order valence-electron chi connectivity index (χ1n) is 10.9. The van der Waals surface area contributed by atoms with Crippen molar-refractivity contribution in [1.29, 1.82) is 0 Å². The minimum Gasteiger partial charge on any atom is -0.493 e. The second kappa shape index (κ2) is 8.57. The highest BCUT2D eigenvalue weighted by molar-refractivity contribution is 7.88. The van der Waals surface area contributed by atoms with Crippen molar-refractivity contribution in [1.82, 2.24) is 19.3 Å². The highest BCUT2D eigenvalue weighted by Crippen LogP contribution is 2.37. The minimum atomic E-state index is -3.93. The Morgan fingerprint density at radius 3 is 2.81 bits per heavy atom. The summed E-state index contributed by atoms with van der Waals surface area (Å²) in [7, 11) is -3.93. The van der Waals surface area contributed by atoms with Gasteiger partial charge in [0.1, 0.15) is 5.75 Å². The van der Waals surface area contributed by atoms with Crippen molar-refractivity contribution in [3.63, 3.8) is 0 Å². The molecule has 0 spiro atoms. The smallest absolute Gasteiger partial charge is 0.301 e. The maximum absolute atomic E-state index is 12.7. The molecule has 3 N–H and O–H groups in total. The number of fused-ring (bicyclic) bond motifs is 4. The number of benzene rings is 2. The van der Waals surface area contributed by atoms with E-state index < -0.39 is 16.1 Å². The third-order valence-corrected chi connectivity index (χ3v) is 7.07. The van der Waals surface area contributed by atoms with Crippen LogP contribution in [0.25, 0.3) is 22.2 Å². The van der Waals surface area contributed by atoms with Gasteiger partial charge in [0.15, 0.2) is 0 Å². The molecule has 32 heavy (non-hydrogen) atoms.